The van der Waals surface area contributed by atoms with Crippen molar-refractivity contribution in [2.24, 2.45) is 0 Å². The molecule has 0 aliphatic rings. The summed E-state index contributed by atoms with van der Waals surface area (Å²) in [6.45, 7) is 0. The molecule has 0 saturated heterocycles. The van der Waals surface area contributed by atoms with Gasteiger partial charge in [-0.25, -0.2) is 8.42 Å². The zero-order chi connectivity index (χ0) is 15.3. The van der Waals surface area contributed by atoms with Crippen LogP contribution in [-0.4, -0.2) is 24.2 Å². The van der Waals surface area contributed by atoms with Crippen molar-refractivity contribution in [1.29, 1.82) is 0 Å². The molecule has 0 bridgehead atoms. The monoisotopic (exact) mass is 415 g/mol. The fraction of sp³-hybridized carbons (Fsp3) is 0.250. The summed E-state index contributed by atoms with van der Waals surface area (Å²) in [6.07, 6.45) is 0.785. The van der Waals surface area contributed by atoms with Crippen molar-refractivity contribution >= 4 is 32.6 Å². The highest BCUT2D eigenvalue weighted by molar-refractivity contribution is 14.1. The normalized spacial score (nSPS) is 13.3. The van der Waals surface area contributed by atoms with Crippen LogP contribution in [0, 0.1) is 0 Å². The molecule has 5 heteroatoms. The van der Waals surface area contributed by atoms with Gasteiger partial charge in [-0.3, -0.25) is 0 Å². The van der Waals surface area contributed by atoms with Gasteiger partial charge in [0.05, 0.1) is 10.9 Å². The third-order valence-electron chi connectivity index (χ3n) is 3.43. The topological polar surface area (TPSA) is 37.4 Å². The van der Waals surface area contributed by atoms with Crippen LogP contribution >= 0.6 is 22.6 Å². The van der Waals surface area contributed by atoms with Crippen LogP contribution in [-0.2, 0) is 10.0 Å². The molecule has 2 aromatic carbocycles. The summed E-state index contributed by atoms with van der Waals surface area (Å²) in [5.74, 6) is 0. The predicted octanol–water partition coefficient (Wildman–Crippen LogP) is 3.87. The second-order valence-electron chi connectivity index (χ2n) is 4.74. The van der Waals surface area contributed by atoms with E-state index in [0.29, 0.717) is 4.90 Å². The molecule has 0 heterocycles. The molecule has 112 valence electrons. The Morgan fingerprint density at radius 2 is 1.52 bits per heavy atom. The van der Waals surface area contributed by atoms with Gasteiger partial charge in [0.1, 0.15) is 0 Å². The summed E-state index contributed by atoms with van der Waals surface area (Å²) in [5, 5.41) is 0. The van der Waals surface area contributed by atoms with E-state index in [1.165, 1.54) is 4.31 Å². The number of sulfonamides is 1. The first-order valence-electron chi connectivity index (χ1n) is 6.71. The predicted molar refractivity (Wildman–Crippen MR) is 94.1 cm³/mol. The van der Waals surface area contributed by atoms with Gasteiger partial charge in [0.15, 0.2) is 0 Å². The maximum absolute atomic E-state index is 12.7. The summed E-state index contributed by atoms with van der Waals surface area (Å²) >= 11 is 2.28. The van der Waals surface area contributed by atoms with Crippen LogP contribution in [0.25, 0.3) is 0 Å². The van der Waals surface area contributed by atoms with Crippen LogP contribution < -0.4 is 0 Å². The number of alkyl halides is 1. The molecule has 0 fully saturated rings. The largest absolute Gasteiger partial charge is 0.243 e. The Balaban J connectivity index is 2.37. The average Bonchev–Trinajstić information content (AvgIpc) is 2.53. The van der Waals surface area contributed by atoms with Crippen molar-refractivity contribution in [3.8, 4) is 0 Å². The first kappa shape index (κ1) is 16.5. The smallest absolute Gasteiger partial charge is 0.207 e. The van der Waals surface area contributed by atoms with Crippen LogP contribution in [0.2, 0.25) is 0 Å². The van der Waals surface area contributed by atoms with Gasteiger partial charge in [-0.1, -0.05) is 71.1 Å². The van der Waals surface area contributed by atoms with E-state index in [0.717, 1.165) is 16.4 Å². The first-order chi connectivity index (χ1) is 10.1. The molecule has 0 aliphatic heterocycles. The highest BCUT2D eigenvalue weighted by Crippen LogP contribution is 2.29. The molecule has 2 rings (SSSR count). The molecule has 3 nitrogen and oxygen atoms in total. The van der Waals surface area contributed by atoms with Crippen LogP contribution in [0.5, 0.6) is 0 Å². The van der Waals surface area contributed by atoms with Crippen molar-refractivity contribution < 1.29 is 8.42 Å². The van der Waals surface area contributed by atoms with Crippen LogP contribution in [0.1, 0.15) is 18.0 Å². The molecule has 0 N–H and O–H groups in total. The maximum atomic E-state index is 12.7. The van der Waals surface area contributed by atoms with Gasteiger partial charge < -0.3 is 0 Å². The SMILES string of the molecule is CN(C(CCI)c1ccccc1)S(=O)(=O)c1ccccc1. The number of rotatable bonds is 6. The zero-order valence-electron chi connectivity index (χ0n) is 11.8. The van der Waals surface area contributed by atoms with Crippen molar-refractivity contribution in [3.63, 3.8) is 0 Å². The highest BCUT2D eigenvalue weighted by atomic mass is 127. The number of nitrogens with zero attached hydrogens (tertiary/aromatic N) is 1. The molecular formula is C16H18INO2S. The molecule has 0 aromatic heterocycles. The molecule has 1 atom stereocenters. The minimum Gasteiger partial charge on any atom is -0.207 e. The lowest BCUT2D eigenvalue weighted by Crippen LogP contribution is -2.31. The minimum atomic E-state index is -3.48. The molecular weight excluding hydrogens is 397 g/mol. The van der Waals surface area contributed by atoms with Gasteiger partial charge in [0.2, 0.25) is 10.0 Å². The van der Waals surface area contributed by atoms with Gasteiger partial charge in [-0.2, -0.15) is 4.31 Å². The quantitative estimate of drug-likeness (QED) is 0.531. The summed E-state index contributed by atoms with van der Waals surface area (Å²) in [6, 6.07) is 18.2. The first-order valence-corrected chi connectivity index (χ1v) is 9.68. The molecule has 0 radical (unpaired) electrons. The van der Waals surface area contributed by atoms with E-state index in [2.05, 4.69) is 22.6 Å². The summed E-state index contributed by atoms with van der Waals surface area (Å²) in [4.78, 5) is 0.335. The van der Waals surface area contributed by atoms with E-state index in [9.17, 15) is 8.42 Å². The van der Waals surface area contributed by atoms with E-state index >= 15 is 0 Å². The lowest BCUT2D eigenvalue weighted by atomic mass is 10.1. The summed E-state index contributed by atoms with van der Waals surface area (Å²) in [5.41, 5.74) is 1.02. The van der Waals surface area contributed by atoms with Gasteiger partial charge >= 0.3 is 0 Å². The third kappa shape index (κ3) is 3.84. The summed E-state index contributed by atoms with van der Waals surface area (Å²) < 4.78 is 27.9. The van der Waals surface area contributed by atoms with Gasteiger partial charge in [0, 0.05) is 11.5 Å². The molecule has 1 unspecified atom stereocenters. The molecule has 0 saturated carbocycles. The zero-order valence-corrected chi connectivity index (χ0v) is 14.8. The van der Waals surface area contributed by atoms with Crippen molar-refractivity contribution in [1.82, 2.24) is 4.31 Å². The Morgan fingerprint density at radius 1 is 1.00 bits per heavy atom. The van der Waals surface area contributed by atoms with E-state index in [4.69, 9.17) is 0 Å². The Kier molecular flexibility index (Phi) is 5.78. The molecule has 0 amide bonds. The Bertz CT molecular complexity index is 659. The molecule has 0 aliphatic carbocycles. The van der Waals surface area contributed by atoms with Crippen LogP contribution in [0.3, 0.4) is 0 Å². The lowest BCUT2D eigenvalue weighted by Gasteiger charge is -2.27. The molecule has 0 spiro atoms. The number of hydrogen-bond donors (Lipinski definition) is 0. The van der Waals surface area contributed by atoms with E-state index < -0.39 is 10.0 Å². The van der Waals surface area contributed by atoms with Crippen molar-refractivity contribution in [3.05, 3.63) is 66.2 Å². The third-order valence-corrected chi connectivity index (χ3v) is 5.93. The second kappa shape index (κ2) is 7.38. The Morgan fingerprint density at radius 3 is 2.05 bits per heavy atom. The van der Waals surface area contributed by atoms with Crippen LogP contribution in [0.15, 0.2) is 65.6 Å². The van der Waals surface area contributed by atoms with E-state index in [1.807, 2.05) is 36.4 Å². The van der Waals surface area contributed by atoms with Gasteiger partial charge in [-0.05, 0) is 24.1 Å². The second-order valence-corrected chi connectivity index (χ2v) is 7.81. The van der Waals surface area contributed by atoms with E-state index in [1.54, 1.807) is 31.3 Å². The average molecular weight is 415 g/mol. The van der Waals surface area contributed by atoms with Gasteiger partial charge in [0.25, 0.3) is 0 Å². The summed E-state index contributed by atoms with van der Waals surface area (Å²) in [7, 11) is -1.82. The fourth-order valence-electron chi connectivity index (χ4n) is 2.26. The molecule has 2 aromatic rings. The maximum Gasteiger partial charge on any atom is 0.243 e. The van der Waals surface area contributed by atoms with Crippen molar-refractivity contribution in [2.75, 3.05) is 11.5 Å². The van der Waals surface area contributed by atoms with Crippen LogP contribution in [0.4, 0.5) is 0 Å². The number of benzene rings is 2. The highest BCUT2D eigenvalue weighted by Gasteiger charge is 2.28. The standard InChI is InChI=1S/C16H18INO2S/c1-18(21(19,20)15-10-6-3-7-11-15)16(12-13-17)14-8-4-2-5-9-14/h2-11,16H,12-13H2,1H3. The van der Waals surface area contributed by atoms with Crippen molar-refractivity contribution in [2.45, 2.75) is 17.4 Å². The Hall–Kier alpha value is -0.920. The Labute approximate surface area is 140 Å². The van der Waals surface area contributed by atoms with Gasteiger partial charge in [-0.15, -0.1) is 0 Å². The lowest BCUT2D eigenvalue weighted by molar-refractivity contribution is 0.370. The number of halogens is 1. The fourth-order valence-corrected chi connectivity index (χ4v) is 4.25. The minimum absolute atomic E-state index is 0.145. The van der Waals surface area contributed by atoms with E-state index in [-0.39, 0.29) is 6.04 Å². The number of hydrogen-bond acceptors (Lipinski definition) is 2. The molecule has 21 heavy (non-hydrogen) atoms.